The van der Waals surface area contributed by atoms with Gasteiger partial charge in [0.2, 0.25) is 13.2 Å². The maximum absolute atomic E-state index is 12.6. The van der Waals surface area contributed by atoms with Crippen molar-refractivity contribution in [3.63, 3.8) is 0 Å². The van der Waals surface area contributed by atoms with Gasteiger partial charge in [0.15, 0.2) is 11.5 Å². The van der Waals surface area contributed by atoms with Crippen LogP contribution in [0.3, 0.4) is 0 Å². The van der Waals surface area contributed by atoms with Crippen molar-refractivity contribution in [1.29, 1.82) is 0 Å². The summed E-state index contributed by atoms with van der Waals surface area (Å²) in [5.74, 6) is 1.69. The van der Waals surface area contributed by atoms with Crippen molar-refractivity contribution in [1.82, 2.24) is 19.8 Å². The number of nitrogens with one attached hydrogen (secondary N) is 1. The second-order valence-corrected chi connectivity index (χ2v) is 5.92. The number of fused-ring (bicyclic) bond motifs is 1. The van der Waals surface area contributed by atoms with E-state index in [4.69, 9.17) is 9.47 Å². The number of benzene rings is 1. The maximum atomic E-state index is 12.6. The van der Waals surface area contributed by atoms with Crippen LogP contribution in [0.2, 0.25) is 0 Å². The van der Waals surface area contributed by atoms with Crippen LogP contribution in [0.4, 0.5) is 11.5 Å². The molecule has 3 heterocycles. The molecular formula is C17H17N5O4. The van der Waals surface area contributed by atoms with Crippen molar-refractivity contribution < 1.29 is 19.1 Å². The van der Waals surface area contributed by atoms with Crippen molar-refractivity contribution in [2.45, 2.75) is 0 Å². The second-order valence-electron chi connectivity index (χ2n) is 5.92. The standard InChI is InChI=1S/C17H17N5O4/c23-10-21-3-5-22(6-4-21)17(24)13-8-16(19-9-18-13)20-12-1-2-14-15(7-12)26-11-25-14/h1-2,7-10H,3-6,11H2,(H,18,19,20). The highest BCUT2D eigenvalue weighted by Gasteiger charge is 2.22. The molecule has 0 saturated carbocycles. The van der Waals surface area contributed by atoms with Gasteiger partial charge >= 0.3 is 0 Å². The Labute approximate surface area is 149 Å². The SMILES string of the molecule is O=CN1CCN(C(=O)c2cc(Nc3ccc4c(c3)OCO4)ncn2)CC1. The van der Waals surface area contributed by atoms with Gasteiger partial charge in [0.25, 0.3) is 5.91 Å². The van der Waals surface area contributed by atoms with E-state index >= 15 is 0 Å². The second kappa shape index (κ2) is 6.87. The van der Waals surface area contributed by atoms with Crippen molar-refractivity contribution in [3.05, 3.63) is 36.3 Å². The van der Waals surface area contributed by atoms with Crippen LogP contribution < -0.4 is 14.8 Å². The number of hydrogen-bond donors (Lipinski definition) is 1. The van der Waals surface area contributed by atoms with E-state index in [0.717, 1.165) is 12.1 Å². The van der Waals surface area contributed by atoms with Crippen LogP contribution in [-0.4, -0.2) is 65.1 Å². The van der Waals surface area contributed by atoms with Gasteiger partial charge in [-0.15, -0.1) is 0 Å². The van der Waals surface area contributed by atoms with Crippen LogP contribution in [0.25, 0.3) is 0 Å². The lowest BCUT2D eigenvalue weighted by Crippen LogP contribution is -2.48. The molecule has 1 fully saturated rings. The molecule has 4 rings (SSSR count). The summed E-state index contributed by atoms with van der Waals surface area (Å²) in [6, 6.07) is 7.07. The minimum absolute atomic E-state index is 0.174. The first-order chi connectivity index (χ1) is 12.7. The monoisotopic (exact) mass is 355 g/mol. The molecule has 0 bridgehead atoms. The van der Waals surface area contributed by atoms with E-state index in [9.17, 15) is 9.59 Å². The molecule has 1 aromatic heterocycles. The van der Waals surface area contributed by atoms with E-state index in [-0.39, 0.29) is 12.7 Å². The molecule has 0 spiro atoms. The van der Waals surface area contributed by atoms with Gasteiger partial charge in [-0.1, -0.05) is 0 Å². The molecule has 0 aliphatic carbocycles. The van der Waals surface area contributed by atoms with Gasteiger partial charge in [-0.25, -0.2) is 9.97 Å². The Morgan fingerprint density at radius 2 is 1.88 bits per heavy atom. The predicted octanol–water partition coefficient (Wildman–Crippen LogP) is 0.863. The Hall–Kier alpha value is -3.36. The number of rotatable bonds is 4. The van der Waals surface area contributed by atoms with Gasteiger partial charge in [-0.3, -0.25) is 9.59 Å². The molecule has 134 valence electrons. The summed E-state index contributed by atoms with van der Waals surface area (Å²) < 4.78 is 10.6. The highest BCUT2D eigenvalue weighted by atomic mass is 16.7. The molecular weight excluding hydrogens is 338 g/mol. The fourth-order valence-electron chi connectivity index (χ4n) is 2.86. The van der Waals surface area contributed by atoms with Crippen molar-refractivity contribution in [2.24, 2.45) is 0 Å². The Balaban J connectivity index is 1.46. The van der Waals surface area contributed by atoms with Gasteiger partial charge in [-0.05, 0) is 12.1 Å². The molecule has 26 heavy (non-hydrogen) atoms. The first kappa shape index (κ1) is 16.1. The summed E-state index contributed by atoms with van der Waals surface area (Å²) in [5, 5.41) is 3.14. The minimum Gasteiger partial charge on any atom is -0.454 e. The normalized spacial score (nSPS) is 15.7. The predicted molar refractivity (Wildman–Crippen MR) is 91.4 cm³/mol. The molecule has 2 aliphatic rings. The number of amides is 2. The highest BCUT2D eigenvalue weighted by molar-refractivity contribution is 5.93. The summed E-state index contributed by atoms with van der Waals surface area (Å²) in [7, 11) is 0. The Bertz CT molecular complexity index is 836. The summed E-state index contributed by atoms with van der Waals surface area (Å²) in [4.78, 5) is 35.0. The zero-order valence-corrected chi connectivity index (χ0v) is 13.9. The van der Waals surface area contributed by atoms with Crippen molar-refractivity contribution in [3.8, 4) is 11.5 Å². The zero-order valence-electron chi connectivity index (χ0n) is 13.9. The summed E-state index contributed by atoms with van der Waals surface area (Å²) in [6.45, 7) is 2.26. The molecule has 2 aliphatic heterocycles. The molecule has 1 aromatic carbocycles. The molecule has 1 N–H and O–H groups in total. The molecule has 9 heteroatoms. The molecule has 2 amide bonds. The number of piperazine rings is 1. The minimum atomic E-state index is -0.174. The van der Waals surface area contributed by atoms with Gasteiger partial charge in [0, 0.05) is 44.0 Å². The summed E-state index contributed by atoms with van der Waals surface area (Å²) in [6.07, 6.45) is 2.16. The first-order valence-corrected chi connectivity index (χ1v) is 8.20. The zero-order chi connectivity index (χ0) is 17.9. The van der Waals surface area contributed by atoms with Gasteiger partial charge in [0.05, 0.1) is 0 Å². The van der Waals surface area contributed by atoms with Gasteiger partial charge in [-0.2, -0.15) is 0 Å². The average molecular weight is 355 g/mol. The number of anilines is 2. The Kier molecular flexibility index (Phi) is 4.26. The fraction of sp³-hybridized carbons (Fsp3) is 0.294. The number of carbonyl (C=O) groups is 2. The third-order valence-corrected chi connectivity index (χ3v) is 4.28. The Morgan fingerprint density at radius 1 is 1.08 bits per heavy atom. The van der Waals surface area contributed by atoms with E-state index in [1.54, 1.807) is 15.9 Å². The van der Waals surface area contributed by atoms with E-state index < -0.39 is 0 Å². The molecule has 1 saturated heterocycles. The third kappa shape index (κ3) is 3.23. The lowest BCUT2D eigenvalue weighted by Gasteiger charge is -2.32. The third-order valence-electron chi connectivity index (χ3n) is 4.28. The summed E-state index contributed by atoms with van der Waals surface area (Å²) >= 11 is 0. The van der Waals surface area contributed by atoms with Crippen LogP contribution >= 0.6 is 0 Å². The van der Waals surface area contributed by atoms with Crippen LogP contribution in [0.5, 0.6) is 11.5 Å². The Morgan fingerprint density at radius 3 is 2.69 bits per heavy atom. The lowest BCUT2D eigenvalue weighted by atomic mass is 10.2. The molecule has 2 aromatic rings. The topological polar surface area (TPSA) is 96.9 Å². The van der Waals surface area contributed by atoms with Gasteiger partial charge in [0.1, 0.15) is 17.8 Å². The molecule has 0 radical (unpaired) electrons. The molecule has 0 unspecified atom stereocenters. The molecule has 9 nitrogen and oxygen atoms in total. The van der Waals surface area contributed by atoms with E-state index in [1.165, 1.54) is 6.33 Å². The fourth-order valence-corrected chi connectivity index (χ4v) is 2.86. The first-order valence-electron chi connectivity index (χ1n) is 8.20. The van der Waals surface area contributed by atoms with Crippen LogP contribution in [0, 0.1) is 0 Å². The van der Waals surface area contributed by atoms with Crippen LogP contribution in [0.1, 0.15) is 10.5 Å². The number of aromatic nitrogens is 2. The highest BCUT2D eigenvalue weighted by Crippen LogP contribution is 2.34. The quantitative estimate of drug-likeness (QED) is 0.813. The average Bonchev–Trinajstić information content (AvgIpc) is 3.15. The lowest BCUT2D eigenvalue weighted by molar-refractivity contribution is -0.119. The number of hydrogen-bond acceptors (Lipinski definition) is 7. The van der Waals surface area contributed by atoms with E-state index in [1.807, 2.05) is 18.2 Å². The summed E-state index contributed by atoms with van der Waals surface area (Å²) in [5.41, 5.74) is 1.08. The smallest absolute Gasteiger partial charge is 0.272 e. The van der Waals surface area contributed by atoms with Crippen LogP contribution in [0.15, 0.2) is 30.6 Å². The number of ether oxygens (including phenoxy) is 2. The van der Waals surface area contributed by atoms with E-state index in [2.05, 4.69) is 15.3 Å². The van der Waals surface area contributed by atoms with E-state index in [0.29, 0.717) is 49.2 Å². The maximum Gasteiger partial charge on any atom is 0.272 e. The number of nitrogens with zero attached hydrogens (tertiary/aromatic N) is 4. The van der Waals surface area contributed by atoms with Crippen molar-refractivity contribution >= 4 is 23.8 Å². The molecule has 0 atom stereocenters. The largest absolute Gasteiger partial charge is 0.454 e. The number of carbonyl (C=O) groups excluding carboxylic acids is 2. The van der Waals surface area contributed by atoms with Crippen molar-refractivity contribution in [2.75, 3.05) is 38.3 Å². The van der Waals surface area contributed by atoms with Gasteiger partial charge < -0.3 is 24.6 Å². The van der Waals surface area contributed by atoms with Crippen LogP contribution in [-0.2, 0) is 4.79 Å².